The van der Waals surface area contributed by atoms with Crippen LogP contribution in [0.15, 0.2) is 12.1 Å². The van der Waals surface area contributed by atoms with Crippen LogP contribution in [0.25, 0.3) is 0 Å². The highest BCUT2D eigenvalue weighted by Gasteiger charge is 2.22. The van der Waals surface area contributed by atoms with Crippen LogP contribution in [0.3, 0.4) is 0 Å². The van der Waals surface area contributed by atoms with Crippen molar-refractivity contribution in [3.63, 3.8) is 0 Å². The lowest BCUT2D eigenvalue weighted by Crippen LogP contribution is -2.26. The summed E-state index contributed by atoms with van der Waals surface area (Å²) in [6, 6.07) is 4.31. The molecule has 13 heavy (non-hydrogen) atoms. The van der Waals surface area contributed by atoms with Gasteiger partial charge in [0, 0.05) is 11.1 Å². The van der Waals surface area contributed by atoms with Gasteiger partial charge in [-0.25, -0.2) is 0 Å². The highest BCUT2D eigenvalue weighted by Crippen LogP contribution is 2.34. The Hall–Kier alpha value is -0.570. The minimum Gasteiger partial charge on any atom is -0.271 e. The molecule has 0 aromatic heterocycles. The average Bonchev–Trinajstić information content (AvgIpc) is 2.47. The van der Waals surface area contributed by atoms with Gasteiger partial charge in [-0.2, -0.15) is 0 Å². The van der Waals surface area contributed by atoms with Gasteiger partial charge in [0.05, 0.1) is 0 Å². The van der Waals surface area contributed by atoms with Crippen LogP contribution in [0, 0.1) is 6.92 Å². The number of rotatable bonds is 1. The smallest absolute Gasteiger partial charge is 0.0466 e. The summed E-state index contributed by atoms with van der Waals surface area (Å²) in [6.45, 7) is 2.10. The summed E-state index contributed by atoms with van der Waals surface area (Å²) in [5, 5.41) is 0.804. The summed E-state index contributed by atoms with van der Waals surface area (Å²) < 4.78 is 0. The average molecular weight is 197 g/mol. The van der Waals surface area contributed by atoms with Crippen molar-refractivity contribution < 1.29 is 0 Å². The summed E-state index contributed by atoms with van der Waals surface area (Å²) in [5.74, 6) is 5.46. The van der Waals surface area contributed by atoms with Crippen molar-refractivity contribution in [3.05, 3.63) is 33.8 Å². The molecule has 0 spiro atoms. The van der Waals surface area contributed by atoms with E-state index in [-0.39, 0.29) is 6.04 Å². The van der Waals surface area contributed by atoms with Gasteiger partial charge in [-0.05, 0) is 48.6 Å². The molecule has 0 radical (unpaired) electrons. The van der Waals surface area contributed by atoms with Crippen molar-refractivity contribution in [3.8, 4) is 0 Å². The van der Waals surface area contributed by atoms with Gasteiger partial charge in [0.2, 0.25) is 0 Å². The van der Waals surface area contributed by atoms with E-state index in [0.29, 0.717) is 0 Å². The SMILES string of the molecule is Cc1cc(Cl)cc2c1CCC2NN. The van der Waals surface area contributed by atoms with Crippen LogP contribution in [0.2, 0.25) is 5.02 Å². The molecule has 0 fully saturated rings. The molecule has 70 valence electrons. The number of hydrogen-bond acceptors (Lipinski definition) is 2. The Kier molecular flexibility index (Phi) is 2.28. The van der Waals surface area contributed by atoms with Gasteiger partial charge in [0.1, 0.15) is 0 Å². The number of fused-ring (bicyclic) bond motifs is 1. The topological polar surface area (TPSA) is 38.0 Å². The summed E-state index contributed by atoms with van der Waals surface area (Å²) in [4.78, 5) is 0. The molecular formula is C10H13ClN2. The van der Waals surface area contributed by atoms with E-state index in [4.69, 9.17) is 17.4 Å². The summed E-state index contributed by atoms with van der Waals surface area (Å²) in [7, 11) is 0. The molecule has 1 unspecified atom stereocenters. The summed E-state index contributed by atoms with van der Waals surface area (Å²) >= 11 is 5.98. The Balaban J connectivity index is 2.51. The van der Waals surface area contributed by atoms with Gasteiger partial charge >= 0.3 is 0 Å². The highest BCUT2D eigenvalue weighted by atomic mass is 35.5. The maximum absolute atomic E-state index is 5.98. The van der Waals surface area contributed by atoms with Crippen molar-refractivity contribution in [2.75, 3.05) is 0 Å². The second-order valence-electron chi connectivity index (χ2n) is 3.55. The summed E-state index contributed by atoms with van der Waals surface area (Å²) in [5.41, 5.74) is 6.77. The number of benzene rings is 1. The van der Waals surface area contributed by atoms with Gasteiger partial charge in [-0.1, -0.05) is 11.6 Å². The summed E-state index contributed by atoms with van der Waals surface area (Å²) in [6.07, 6.45) is 2.18. The fraction of sp³-hybridized carbons (Fsp3) is 0.400. The molecule has 0 heterocycles. The zero-order valence-electron chi connectivity index (χ0n) is 7.60. The van der Waals surface area contributed by atoms with E-state index in [9.17, 15) is 0 Å². The molecule has 1 atom stereocenters. The first kappa shape index (κ1) is 9.00. The number of hydrogen-bond donors (Lipinski definition) is 2. The minimum atomic E-state index is 0.285. The van der Waals surface area contributed by atoms with Gasteiger partial charge in [-0.15, -0.1) is 0 Å². The molecule has 3 heteroatoms. The maximum atomic E-state index is 5.98. The molecule has 1 aromatic rings. The van der Waals surface area contributed by atoms with E-state index in [0.717, 1.165) is 17.9 Å². The van der Waals surface area contributed by atoms with Crippen LogP contribution >= 0.6 is 11.6 Å². The van der Waals surface area contributed by atoms with Crippen LogP contribution in [-0.2, 0) is 6.42 Å². The Morgan fingerprint density at radius 1 is 1.54 bits per heavy atom. The quantitative estimate of drug-likeness (QED) is 0.533. The van der Waals surface area contributed by atoms with Crippen LogP contribution in [0.1, 0.15) is 29.2 Å². The molecule has 0 saturated heterocycles. The number of nitrogens with two attached hydrogens (primary N) is 1. The Morgan fingerprint density at radius 2 is 2.31 bits per heavy atom. The third kappa shape index (κ3) is 1.46. The molecule has 1 aliphatic carbocycles. The zero-order valence-corrected chi connectivity index (χ0v) is 8.36. The molecule has 0 saturated carbocycles. The van der Waals surface area contributed by atoms with Crippen LogP contribution in [-0.4, -0.2) is 0 Å². The van der Waals surface area contributed by atoms with Gasteiger partial charge in [-0.3, -0.25) is 11.3 Å². The lowest BCUT2D eigenvalue weighted by molar-refractivity contribution is 0.551. The standard InChI is InChI=1S/C10H13ClN2/c1-6-4-7(11)5-9-8(6)2-3-10(9)13-12/h4-5,10,13H,2-3,12H2,1H3. The largest absolute Gasteiger partial charge is 0.271 e. The third-order valence-corrected chi connectivity index (χ3v) is 2.95. The van der Waals surface area contributed by atoms with Crippen molar-refractivity contribution in [2.24, 2.45) is 5.84 Å². The molecule has 0 bridgehead atoms. The van der Waals surface area contributed by atoms with E-state index >= 15 is 0 Å². The molecule has 2 rings (SSSR count). The fourth-order valence-electron chi connectivity index (χ4n) is 2.07. The van der Waals surface area contributed by atoms with E-state index < -0.39 is 0 Å². The lowest BCUT2D eigenvalue weighted by Gasteiger charge is -2.10. The normalized spacial score (nSPS) is 20.4. The Bertz CT molecular complexity index is 336. The van der Waals surface area contributed by atoms with Gasteiger partial charge in [0.15, 0.2) is 0 Å². The number of aryl methyl sites for hydroxylation is 1. The molecule has 3 N–H and O–H groups in total. The van der Waals surface area contributed by atoms with E-state index in [1.165, 1.54) is 16.7 Å². The van der Waals surface area contributed by atoms with E-state index in [1.807, 2.05) is 12.1 Å². The van der Waals surface area contributed by atoms with Crippen molar-refractivity contribution >= 4 is 11.6 Å². The second kappa shape index (κ2) is 3.29. The van der Waals surface area contributed by atoms with Crippen LogP contribution in [0.5, 0.6) is 0 Å². The van der Waals surface area contributed by atoms with Gasteiger partial charge in [0.25, 0.3) is 0 Å². The highest BCUT2D eigenvalue weighted by molar-refractivity contribution is 6.30. The molecule has 1 aromatic carbocycles. The first-order valence-corrected chi connectivity index (χ1v) is 4.85. The molecular weight excluding hydrogens is 184 g/mol. The monoisotopic (exact) mass is 196 g/mol. The number of nitrogens with one attached hydrogen (secondary N) is 1. The van der Waals surface area contributed by atoms with Crippen molar-refractivity contribution in [1.82, 2.24) is 5.43 Å². The number of hydrazine groups is 1. The van der Waals surface area contributed by atoms with Crippen LogP contribution in [0.4, 0.5) is 0 Å². The first-order valence-electron chi connectivity index (χ1n) is 4.47. The Morgan fingerprint density at radius 3 is 3.00 bits per heavy atom. The first-order chi connectivity index (χ1) is 6.22. The number of halogens is 1. The van der Waals surface area contributed by atoms with Crippen molar-refractivity contribution in [1.29, 1.82) is 0 Å². The predicted octanol–water partition coefficient (Wildman–Crippen LogP) is 2.10. The molecule has 0 aliphatic heterocycles. The minimum absolute atomic E-state index is 0.285. The van der Waals surface area contributed by atoms with E-state index in [1.54, 1.807) is 0 Å². The second-order valence-corrected chi connectivity index (χ2v) is 3.98. The van der Waals surface area contributed by atoms with Gasteiger partial charge < -0.3 is 0 Å². The maximum Gasteiger partial charge on any atom is 0.0466 e. The van der Waals surface area contributed by atoms with Crippen molar-refractivity contribution in [2.45, 2.75) is 25.8 Å². The fourth-order valence-corrected chi connectivity index (χ4v) is 2.35. The Labute approximate surface area is 83.0 Å². The predicted molar refractivity (Wildman–Crippen MR) is 54.6 cm³/mol. The molecule has 0 amide bonds. The molecule has 2 nitrogen and oxygen atoms in total. The van der Waals surface area contributed by atoms with E-state index in [2.05, 4.69) is 12.3 Å². The molecule has 1 aliphatic rings. The lowest BCUT2D eigenvalue weighted by atomic mass is 10.0. The van der Waals surface area contributed by atoms with Crippen LogP contribution < -0.4 is 11.3 Å². The zero-order chi connectivity index (χ0) is 9.42. The third-order valence-electron chi connectivity index (χ3n) is 2.73.